The Kier molecular flexibility index (Phi) is 4.77. The molecule has 0 aliphatic carbocycles. The van der Waals surface area contributed by atoms with Gasteiger partial charge >= 0.3 is 0 Å². The summed E-state index contributed by atoms with van der Waals surface area (Å²) in [6.45, 7) is 7.98. The van der Waals surface area contributed by atoms with Gasteiger partial charge in [-0.1, -0.05) is 12.1 Å². The fourth-order valence-corrected chi connectivity index (χ4v) is 1.77. The molecule has 3 nitrogen and oxygen atoms in total. The molecule has 1 aromatic carbocycles. The molecule has 1 aromatic rings. The Balaban J connectivity index is 2.82. The molecule has 0 saturated carbocycles. The fraction of sp³-hybridized carbons (Fsp3) is 0.538. The first-order valence-corrected chi connectivity index (χ1v) is 5.88. The van der Waals surface area contributed by atoms with E-state index in [1.54, 1.807) is 6.92 Å². The largest absolute Gasteiger partial charge is 0.391 e. The van der Waals surface area contributed by atoms with Crippen molar-refractivity contribution in [3.05, 3.63) is 29.8 Å². The Morgan fingerprint density at radius 3 is 2.06 bits per heavy atom. The van der Waals surface area contributed by atoms with E-state index in [9.17, 15) is 5.11 Å². The van der Waals surface area contributed by atoms with Gasteiger partial charge in [-0.3, -0.25) is 0 Å². The summed E-state index contributed by atoms with van der Waals surface area (Å²) in [5, 5.41) is 9.41. The van der Waals surface area contributed by atoms with Gasteiger partial charge in [0.2, 0.25) is 0 Å². The zero-order valence-corrected chi connectivity index (χ0v) is 10.4. The normalized spacial score (nSPS) is 14.6. The van der Waals surface area contributed by atoms with Crippen LogP contribution in [0, 0.1) is 0 Å². The number of nitrogens with zero attached hydrogens (tertiary/aromatic N) is 1. The number of benzene rings is 1. The van der Waals surface area contributed by atoms with E-state index in [0.717, 1.165) is 18.7 Å². The topological polar surface area (TPSA) is 49.5 Å². The number of hydrogen-bond acceptors (Lipinski definition) is 3. The van der Waals surface area contributed by atoms with Gasteiger partial charge in [0.25, 0.3) is 0 Å². The maximum absolute atomic E-state index is 9.41. The van der Waals surface area contributed by atoms with Crippen LogP contribution < -0.4 is 10.6 Å². The summed E-state index contributed by atoms with van der Waals surface area (Å²) in [4.78, 5) is 2.28. The third kappa shape index (κ3) is 2.97. The van der Waals surface area contributed by atoms with Crippen molar-refractivity contribution < 1.29 is 5.11 Å². The molecular weight excluding hydrogens is 200 g/mol. The number of aliphatic hydroxyl groups excluding tert-OH is 1. The van der Waals surface area contributed by atoms with Gasteiger partial charge in [0, 0.05) is 18.8 Å². The Hall–Kier alpha value is -1.06. The third-order valence-corrected chi connectivity index (χ3v) is 2.93. The van der Waals surface area contributed by atoms with E-state index in [-0.39, 0.29) is 6.04 Å². The monoisotopic (exact) mass is 222 g/mol. The zero-order valence-electron chi connectivity index (χ0n) is 10.4. The first kappa shape index (κ1) is 13.0. The van der Waals surface area contributed by atoms with Gasteiger partial charge in [-0.05, 0) is 38.5 Å². The summed E-state index contributed by atoms with van der Waals surface area (Å²) in [6, 6.07) is 7.80. The molecule has 90 valence electrons. The zero-order chi connectivity index (χ0) is 12.1. The maximum atomic E-state index is 9.41. The molecule has 0 aliphatic rings. The fourth-order valence-electron chi connectivity index (χ4n) is 1.77. The molecule has 0 radical (unpaired) electrons. The highest BCUT2D eigenvalue weighted by molar-refractivity contribution is 5.47. The van der Waals surface area contributed by atoms with E-state index in [4.69, 9.17) is 5.73 Å². The number of hydrogen-bond donors (Lipinski definition) is 2. The molecule has 16 heavy (non-hydrogen) atoms. The lowest BCUT2D eigenvalue weighted by atomic mass is 10.0. The molecule has 0 fully saturated rings. The molecule has 2 atom stereocenters. The van der Waals surface area contributed by atoms with E-state index in [2.05, 4.69) is 30.9 Å². The van der Waals surface area contributed by atoms with Crippen molar-refractivity contribution in [1.29, 1.82) is 0 Å². The molecule has 1 rings (SSSR count). The Morgan fingerprint density at radius 1 is 1.19 bits per heavy atom. The predicted octanol–water partition coefficient (Wildman–Crippen LogP) is 1.91. The highest BCUT2D eigenvalue weighted by atomic mass is 16.3. The van der Waals surface area contributed by atoms with Crippen LogP contribution in [0.1, 0.15) is 32.4 Å². The van der Waals surface area contributed by atoms with Crippen molar-refractivity contribution in [1.82, 2.24) is 0 Å². The summed E-state index contributed by atoms with van der Waals surface area (Å²) in [6.07, 6.45) is -0.515. The van der Waals surface area contributed by atoms with Crippen molar-refractivity contribution in [3.8, 4) is 0 Å². The molecule has 0 unspecified atom stereocenters. The minimum Gasteiger partial charge on any atom is -0.391 e. The SMILES string of the molecule is CCN(CC)c1ccc([C@H](N)[C@@H](C)O)cc1. The molecule has 0 aliphatic heterocycles. The van der Waals surface area contributed by atoms with Crippen LogP contribution in [-0.2, 0) is 0 Å². The van der Waals surface area contributed by atoms with Crippen LogP contribution >= 0.6 is 0 Å². The smallest absolute Gasteiger partial charge is 0.0704 e. The van der Waals surface area contributed by atoms with Gasteiger partial charge in [0.1, 0.15) is 0 Å². The van der Waals surface area contributed by atoms with E-state index < -0.39 is 6.10 Å². The van der Waals surface area contributed by atoms with E-state index in [0.29, 0.717) is 0 Å². The van der Waals surface area contributed by atoms with Gasteiger partial charge in [-0.25, -0.2) is 0 Å². The summed E-state index contributed by atoms with van der Waals surface area (Å²) < 4.78 is 0. The minimum atomic E-state index is -0.515. The maximum Gasteiger partial charge on any atom is 0.0704 e. The Labute approximate surface area is 97.9 Å². The van der Waals surface area contributed by atoms with E-state index >= 15 is 0 Å². The second-order valence-corrected chi connectivity index (χ2v) is 4.03. The minimum absolute atomic E-state index is 0.300. The van der Waals surface area contributed by atoms with Gasteiger partial charge in [-0.2, -0.15) is 0 Å². The third-order valence-electron chi connectivity index (χ3n) is 2.93. The molecule has 0 bridgehead atoms. The molecule has 0 heterocycles. The van der Waals surface area contributed by atoms with Crippen LogP contribution in [0.2, 0.25) is 0 Å². The van der Waals surface area contributed by atoms with Gasteiger partial charge in [0.15, 0.2) is 0 Å². The average Bonchev–Trinajstić information content (AvgIpc) is 2.30. The van der Waals surface area contributed by atoms with Crippen molar-refractivity contribution in [2.75, 3.05) is 18.0 Å². The molecule has 0 spiro atoms. The number of nitrogens with two attached hydrogens (primary N) is 1. The van der Waals surface area contributed by atoms with Crippen LogP contribution in [-0.4, -0.2) is 24.3 Å². The second-order valence-electron chi connectivity index (χ2n) is 4.03. The standard InChI is InChI=1S/C13H22N2O/c1-4-15(5-2)12-8-6-11(7-9-12)13(14)10(3)16/h6-10,13,16H,4-5,14H2,1-3H3/t10-,13-/m1/s1. The van der Waals surface area contributed by atoms with Crippen molar-refractivity contribution >= 4 is 5.69 Å². The van der Waals surface area contributed by atoms with E-state index in [1.165, 1.54) is 5.69 Å². The average molecular weight is 222 g/mol. The molecule has 0 saturated heterocycles. The summed E-state index contributed by atoms with van der Waals surface area (Å²) >= 11 is 0. The van der Waals surface area contributed by atoms with Crippen molar-refractivity contribution in [2.45, 2.75) is 32.9 Å². The quantitative estimate of drug-likeness (QED) is 0.800. The van der Waals surface area contributed by atoms with E-state index in [1.807, 2.05) is 12.1 Å². The first-order valence-electron chi connectivity index (χ1n) is 5.88. The molecule has 3 N–H and O–H groups in total. The molecule has 0 aromatic heterocycles. The van der Waals surface area contributed by atoms with Crippen molar-refractivity contribution in [2.24, 2.45) is 5.73 Å². The lowest BCUT2D eigenvalue weighted by Crippen LogP contribution is -2.24. The Morgan fingerprint density at radius 2 is 1.69 bits per heavy atom. The van der Waals surface area contributed by atoms with Crippen LogP contribution in [0.5, 0.6) is 0 Å². The molecule has 3 heteroatoms. The summed E-state index contributed by atoms with van der Waals surface area (Å²) in [7, 11) is 0. The number of anilines is 1. The summed E-state index contributed by atoms with van der Waals surface area (Å²) in [5.41, 5.74) is 8.04. The van der Waals surface area contributed by atoms with Crippen LogP contribution in [0.25, 0.3) is 0 Å². The first-order chi connectivity index (χ1) is 7.60. The highest BCUT2D eigenvalue weighted by Gasteiger charge is 2.11. The van der Waals surface area contributed by atoms with Crippen LogP contribution in [0.4, 0.5) is 5.69 Å². The van der Waals surface area contributed by atoms with Crippen molar-refractivity contribution in [3.63, 3.8) is 0 Å². The van der Waals surface area contributed by atoms with Gasteiger partial charge < -0.3 is 15.7 Å². The van der Waals surface area contributed by atoms with Gasteiger partial charge in [-0.15, -0.1) is 0 Å². The van der Waals surface area contributed by atoms with Crippen LogP contribution in [0.15, 0.2) is 24.3 Å². The highest BCUT2D eigenvalue weighted by Crippen LogP contribution is 2.19. The number of rotatable bonds is 5. The Bertz CT molecular complexity index is 283. The molecule has 0 amide bonds. The lowest BCUT2D eigenvalue weighted by Gasteiger charge is -2.22. The predicted molar refractivity (Wildman–Crippen MR) is 68.6 cm³/mol. The lowest BCUT2D eigenvalue weighted by molar-refractivity contribution is 0.164. The molecular formula is C13H22N2O. The van der Waals surface area contributed by atoms with Crippen LogP contribution in [0.3, 0.4) is 0 Å². The number of aliphatic hydroxyl groups is 1. The second kappa shape index (κ2) is 5.87. The summed E-state index contributed by atoms with van der Waals surface area (Å²) in [5.74, 6) is 0. The van der Waals surface area contributed by atoms with Gasteiger partial charge in [0.05, 0.1) is 12.1 Å².